The fourth-order valence-corrected chi connectivity index (χ4v) is 1.43. The molecule has 0 spiro atoms. The van der Waals surface area contributed by atoms with Crippen molar-refractivity contribution in [1.29, 1.82) is 0 Å². The molecule has 13 heavy (non-hydrogen) atoms. The Bertz CT molecular complexity index is 315. The zero-order valence-corrected chi connectivity index (χ0v) is 8.40. The van der Waals surface area contributed by atoms with Gasteiger partial charge in [0, 0.05) is 6.04 Å². The van der Waals surface area contributed by atoms with Crippen LogP contribution in [0.2, 0.25) is 0 Å². The van der Waals surface area contributed by atoms with Gasteiger partial charge in [0.25, 0.3) is 0 Å². The summed E-state index contributed by atoms with van der Waals surface area (Å²) in [6.07, 6.45) is 0. The van der Waals surface area contributed by atoms with Crippen molar-refractivity contribution in [3.05, 3.63) is 27.7 Å². The number of hydrogen-bond donors (Lipinski definition) is 2. The molecule has 0 radical (unpaired) electrons. The summed E-state index contributed by atoms with van der Waals surface area (Å²) in [7, 11) is 0. The third kappa shape index (κ3) is 1.81. The van der Waals surface area contributed by atoms with E-state index in [0.29, 0.717) is 0 Å². The van der Waals surface area contributed by atoms with Gasteiger partial charge in [-0.2, -0.15) is 0 Å². The average Bonchev–Trinajstić information content (AvgIpc) is 2.01. The minimum atomic E-state index is -1.10. The molecule has 0 fully saturated rings. The average molecular weight is 252 g/mol. The molecule has 2 nitrogen and oxygen atoms in total. The highest BCUT2D eigenvalue weighted by molar-refractivity contribution is 9.10. The van der Waals surface area contributed by atoms with E-state index in [9.17, 15) is 13.9 Å². The maximum Gasteiger partial charge on any atom is 0.167 e. The van der Waals surface area contributed by atoms with Crippen LogP contribution in [0, 0.1) is 11.6 Å². The van der Waals surface area contributed by atoms with Crippen LogP contribution < -0.4 is 5.73 Å². The number of nitrogens with two attached hydrogens (primary N) is 1. The number of rotatable bonds is 1. The lowest BCUT2D eigenvalue weighted by Crippen LogP contribution is -2.09. The van der Waals surface area contributed by atoms with Gasteiger partial charge in [-0.1, -0.05) is 0 Å². The summed E-state index contributed by atoms with van der Waals surface area (Å²) in [5.41, 5.74) is 5.15. The van der Waals surface area contributed by atoms with Crippen LogP contribution in [0.1, 0.15) is 18.5 Å². The van der Waals surface area contributed by atoms with E-state index in [-0.39, 0.29) is 15.8 Å². The maximum atomic E-state index is 13.1. The molecule has 3 N–H and O–H groups in total. The Morgan fingerprint density at radius 1 is 1.54 bits per heavy atom. The summed E-state index contributed by atoms with van der Waals surface area (Å²) in [5.74, 6) is -2.48. The van der Waals surface area contributed by atoms with Crippen LogP contribution in [0.25, 0.3) is 0 Å². The lowest BCUT2D eigenvalue weighted by atomic mass is 10.1. The van der Waals surface area contributed by atoms with Crippen molar-refractivity contribution in [2.24, 2.45) is 5.73 Å². The monoisotopic (exact) mass is 251 g/mol. The van der Waals surface area contributed by atoms with Crippen molar-refractivity contribution in [1.82, 2.24) is 0 Å². The van der Waals surface area contributed by atoms with Crippen LogP contribution in [0.5, 0.6) is 5.75 Å². The maximum absolute atomic E-state index is 13.1. The molecule has 0 aliphatic carbocycles. The first-order chi connectivity index (χ1) is 5.95. The third-order valence-corrected chi connectivity index (χ3v) is 2.24. The molecular formula is C8H8BrF2NO. The first-order valence-corrected chi connectivity index (χ1v) is 4.36. The fourth-order valence-electron chi connectivity index (χ4n) is 1.02. The molecule has 0 saturated carbocycles. The molecule has 1 aromatic carbocycles. The van der Waals surface area contributed by atoms with Gasteiger partial charge in [0.05, 0.1) is 10.0 Å². The number of hydrogen-bond acceptors (Lipinski definition) is 2. The Hall–Kier alpha value is -0.680. The number of aromatic hydroxyl groups is 1. The molecule has 0 aliphatic rings. The molecule has 0 amide bonds. The first-order valence-electron chi connectivity index (χ1n) is 3.57. The van der Waals surface area contributed by atoms with Gasteiger partial charge >= 0.3 is 0 Å². The number of halogens is 3. The molecule has 0 bridgehead atoms. The van der Waals surface area contributed by atoms with E-state index in [2.05, 4.69) is 15.9 Å². The van der Waals surface area contributed by atoms with Crippen molar-refractivity contribution in [2.45, 2.75) is 13.0 Å². The predicted octanol–water partition coefficient (Wildman–Crippen LogP) is 2.45. The van der Waals surface area contributed by atoms with E-state index in [1.165, 1.54) is 6.92 Å². The second-order valence-corrected chi connectivity index (χ2v) is 3.56. The Morgan fingerprint density at radius 3 is 2.54 bits per heavy atom. The van der Waals surface area contributed by atoms with E-state index in [1.54, 1.807) is 0 Å². The van der Waals surface area contributed by atoms with Crippen molar-refractivity contribution in [2.75, 3.05) is 0 Å². The summed E-state index contributed by atoms with van der Waals surface area (Å²) in [6, 6.07) is 0.100. The van der Waals surface area contributed by atoms with Gasteiger partial charge in [0.15, 0.2) is 11.6 Å². The summed E-state index contributed by atoms with van der Waals surface area (Å²) >= 11 is 2.89. The van der Waals surface area contributed by atoms with E-state index >= 15 is 0 Å². The van der Waals surface area contributed by atoms with Crippen molar-refractivity contribution in [3.8, 4) is 5.75 Å². The molecule has 1 atom stereocenters. The zero-order chi connectivity index (χ0) is 10.2. The molecule has 0 saturated heterocycles. The highest BCUT2D eigenvalue weighted by atomic mass is 79.9. The third-order valence-electron chi connectivity index (χ3n) is 1.64. The van der Waals surface area contributed by atoms with Crippen molar-refractivity contribution < 1.29 is 13.9 Å². The minimum Gasteiger partial charge on any atom is -0.506 e. The fraction of sp³-hybridized carbons (Fsp3) is 0.250. The number of phenols is 1. The first kappa shape index (κ1) is 10.4. The molecule has 0 aromatic heterocycles. The molecular weight excluding hydrogens is 244 g/mol. The standard InChI is InChI=1S/C8H8BrF2NO/c1-3(12)6-7(11)5(10)2-4(9)8(6)13/h2-3,13H,12H2,1H3/t3-/m1/s1. The van der Waals surface area contributed by atoms with Crippen LogP contribution in [-0.4, -0.2) is 5.11 Å². The Morgan fingerprint density at radius 2 is 2.08 bits per heavy atom. The predicted molar refractivity (Wildman–Crippen MR) is 48.3 cm³/mol. The van der Waals surface area contributed by atoms with Crippen LogP contribution in [0.4, 0.5) is 8.78 Å². The van der Waals surface area contributed by atoms with Crippen LogP contribution >= 0.6 is 15.9 Å². The summed E-state index contributed by atoms with van der Waals surface area (Å²) in [5, 5.41) is 9.34. The highest BCUT2D eigenvalue weighted by Gasteiger charge is 2.19. The highest BCUT2D eigenvalue weighted by Crippen LogP contribution is 2.34. The smallest absolute Gasteiger partial charge is 0.167 e. The summed E-state index contributed by atoms with van der Waals surface area (Å²) in [4.78, 5) is 0. The van der Waals surface area contributed by atoms with Crippen LogP contribution in [0.3, 0.4) is 0 Å². The van der Waals surface area contributed by atoms with Gasteiger partial charge in [-0.25, -0.2) is 8.78 Å². The lowest BCUT2D eigenvalue weighted by molar-refractivity contribution is 0.431. The second-order valence-electron chi connectivity index (χ2n) is 2.71. The Balaban J connectivity index is 3.46. The van der Waals surface area contributed by atoms with E-state index < -0.39 is 17.7 Å². The summed E-state index contributed by atoms with van der Waals surface area (Å²) < 4.78 is 26.0. The SMILES string of the molecule is C[C@@H](N)c1c(O)c(Br)cc(F)c1F. The van der Waals surface area contributed by atoms with E-state index in [0.717, 1.165) is 6.07 Å². The molecule has 1 rings (SSSR count). The lowest BCUT2D eigenvalue weighted by Gasteiger charge is -2.11. The zero-order valence-electron chi connectivity index (χ0n) is 6.81. The molecule has 0 heterocycles. The molecule has 1 aromatic rings. The van der Waals surface area contributed by atoms with Gasteiger partial charge in [-0.15, -0.1) is 0 Å². The molecule has 5 heteroatoms. The van der Waals surface area contributed by atoms with Gasteiger partial charge in [0.1, 0.15) is 5.75 Å². The van der Waals surface area contributed by atoms with Gasteiger partial charge in [-0.05, 0) is 28.9 Å². The largest absolute Gasteiger partial charge is 0.506 e. The Labute approximate surface area is 82.5 Å². The van der Waals surface area contributed by atoms with Crippen LogP contribution in [-0.2, 0) is 0 Å². The van der Waals surface area contributed by atoms with E-state index in [4.69, 9.17) is 5.73 Å². The van der Waals surface area contributed by atoms with Crippen molar-refractivity contribution >= 4 is 15.9 Å². The Kier molecular flexibility index (Phi) is 2.87. The molecule has 0 unspecified atom stereocenters. The van der Waals surface area contributed by atoms with Gasteiger partial charge in [-0.3, -0.25) is 0 Å². The normalized spacial score (nSPS) is 13.0. The van der Waals surface area contributed by atoms with Crippen LogP contribution in [0.15, 0.2) is 10.5 Å². The van der Waals surface area contributed by atoms with Crippen molar-refractivity contribution in [3.63, 3.8) is 0 Å². The quantitative estimate of drug-likeness (QED) is 0.754. The number of benzene rings is 1. The minimum absolute atomic E-state index is 0.0960. The second kappa shape index (κ2) is 3.59. The van der Waals surface area contributed by atoms with Gasteiger partial charge < -0.3 is 10.8 Å². The van der Waals surface area contributed by atoms with E-state index in [1.807, 2.05) is 0 Å². The molecule has 0 aliphatic heterocycles. The summed E-state index contributed by atoms with van der Waals surface area (Å²) in [6.45, 7) is 1.46. The topological polar surface area (TPSA) is 46.2 Å². The number of phenolic OH excluding ortho intramolecular Hbond substituents is 1. The van der Waals surface area contributed by atoms with Gasteiger partial charge in [0.2, 0.25) is 0 Å². The molecule has 72 valence electrons.